The minimum Gasteiger partial charge on any atom is -0.357 e. The van der Waals surface area contributed by atoms with Gasteiger partial charge in [0, 0.05) is 11.9 Å². The lowest BCUT2D eigenvalue weighted by Gasteiger charge is -2.04. The summed E-state index contributed by atoms with van der Waals surface area (Å²) in [5.41, 5.74) is 2.04. The molecule has 1 aromatic heterocycles. The van der Waals surface area contributed by atoms with Crippen molar-refractivity contribution in [1.82, 2.24) is 4.98 Å². The van der Waals surface area contributed by atoms with Crippen molar-refractivity contribution in [3.05, 3.63) is 40.9 Å². The number of hydrogen-bond donors (Lipinski definition) is 2. The van der Waals surface area contributed by atoms with Gasteiger partial charge in [-0.25, -0.2) is 18.5 Å². The number of aromatic nitrogens is 1. The van der Waals surface area contributed by atoms with E-state index in [0.717, 1.165) is 22.8 Å². The van der Waals surface area contributed by atoms with E-state index >= 15 is 0 Å². The van der Waals surface area contributed by atoms with Crippen molar-refractivity contribution in [1.29, 1.82) is 0 Å². The van der Waals surface area contributed by atoms with Crippen molar-refractivity contribution in [3.63, 3.8) is 0 Å². The third-order valence-electron chi connectivity index (χ3n) is 2.61. The fourth-order valence-corrected chi connectivity index (χ4v) is 2.83. The summed E-state index contributed by atoms with van der Waals surface area (Å²) in [5.74, 6) is 0. The van der Waals surface area contributed by atoms with Gasteiger partial charge in [-0.1, -0.05) is 19.1 Å². The van der Waals surface area contributed by atoms with Gasteiger partial charge in [-0.15, -0.1) is 11.3 Å². The zero-order chi connectivity index (χ0) is 13.9. The molecule has 5 nitrogen and oxygen atoms in total. The van der Waals surface area contributed by atoms with Crippen molar-refractivity contribution in [3.8, 4) is 0 Å². The van der Waals surface area contributed by atoms with E-state index in [1.807, 2.05) is 5.38 Å². The molecule has 0 atom stereocenters. The molecule has 0 unspecified atom stereocenters. The number of sulfonamides is 1. The van der Waals surface area contributed by atoms with Crippen LogP contribution in [0.2, 0.25) is 0 Å². The van der Waals surface area contributed by atoms with Gasteiger partial charge in [-0.2, -0.15) is 0 Å². The zero-order valence-corrected chi connectivity index (χ0v) is 12.1. The lowest BCUT2D eigenvalue weighted by Crippen LogP contribution is -2.12. The lowest BCUT2D eigenvalue weighted by molar-refractivity contribution is 0.598. The molecule has 0 saturated carbocycles. The van der Waals surface area contributed by atoms with Crippen LogP contribution >= 0.6 is 11.3 Å². The maximum atomic E-state index is 11.1. The smallest absolute Gasteiger partial charge is 0.238 e. The second-order valence-electron chi connectivity index (χ2n) is 4.04. The molecule has 0 aliphatic heterocycles. The number of primary sulfonamides is 1. The lowest BCUT2D eigenvalue weighted by atomic mass is 10.2. The van der Waals surface area contributed by atoms with Gasteiger partial charge >= 0.3 is 0 Å². The number of hydrogen-bond acceptors (Lipinski definition) is 5. The van der Waals surface area contributed by atoms with Gasteiger partial charge in [-0.3, -0.25) is 0 Å². The highest BCUT2D eigenvalue weighted by molar-refractivity contribution is 7.89. The Balaban J connectivity index is 2.00. The molecule has 2 rings (SSSR count). The predicted molar refractivity (Wildman–Crippen MR) is 76.6 cm³/mol. The van der Waals surface area contributed by atoms with Crippen molar-refractivity contribution in [2.24, 2.45) is 5.14 Å². The highest BCUT2D eigenvalue weighted by Crippen LogP contribution is 2.17. The Bertz CT molecular complexity index is 648. The Morgan fingerprint density at radius 3 is 2.53 bits per heavy atom. The third kappa shape index (κ3) is 3.76. The Labute approximate surface area is 116 Å². The summed E-state index contributed by atoms with van der Waals surface area (Å²) in [6.07, 6.45) is 0.918. The molecule has 0 aliphatic rings. The van der Waals surface area contributed by atoms with Crippen LogP contribution in [0, 0.1) is 0 Å². The number of aryl methyl sites for hydroxylation is 1. The fraction of sp³-hybridized carbons (Fsp3) is 0.250. The van der Waals surface area contributed by atoms with Crippen molar-refractivity contribution in [2.45, 2.75) is 24.8 Å². The fourth-order valence-electron chi connectivity index (χ4n) is 1.53. The summed E-state index contributed by atoms with van der Waals surface area (Å²) >= 11 is 1.56. The van der Waals surface area contributed by atoms with E-state index in [0.29, 0.717) is 6.54 Å². The van der Waals surface area contributed by atoms with Gasteiger partial charge in [0.2, 0.25) is 10.0 Å². The van der Waals surface area contributed by atoms with E-state index in [1.54, 1.807) is 23.5 Å². The van der Waals surface area contributed by atoms with Crippen LogP contribution in [0.1, 0.15) is 18.2 Å². The van der Waals surface area contributed by atoms with E-state index in [2.05, 4.69) is 17.2 Å². The van der Waals surface area contributed by atoms with Crippen molar-refractivity contribution in [2.75, 3.05) is 5.32 Å². The molecular weight excluding hydrogens is 282 g/mol. The molecule has 2 aromatic rings. The first kappa shape index (κ1) is 14.0. The van der Waals surface area contributed by atoms with Crippen LogP contribution in [0.25, 0.3) is 0 Å². The molecule has 0 radical (unpaired) electrons. The second-order valence-corrected chi connectivity index (χ2v) is 6.46. The number of nitrogens with zero attached hydrogens (tertiary/aromatic N) is 1. The van der Waals surface area contributed by atoms with E-state index < -0.39 is 10.0 Å². The number of nitrogens with two attached hydrogens (primary N) is 1. The first-order valence-corrected chi connectivity index (χ1v) is 8.21. The molecule has 19 heavy (non-hydrogen) atoms. The normalized spacial score (nSPS) is 11.5. The molecule has 102 valence electrons. The quantitative estimate of drug-likeness (QED) is 0.883. The monoisotopic (exact) mass is 297 g/mol. The number of benzene rings is 1. The Morgan fingerprint density at radius 2 is 2.00 bits per heavy atom. The average Bonchev–Trinajstić information content (AvgIpc) is 2.84. The molecule has 0 aliphatic carbocycles. The standard InChI is InChI=1S/C12H15N3O2S2/c1-2-10-8-18-12(15-10)14-7-9-3-5-11(6-4-9)19(13,16)17/h3-6,8H,2,7H2,1H3,(H,14,15)(H2,13,16,17). The molecule has 0 fully saturated rings. The molecule has 0 spiro atoms. The third-order valence-corrected chi connectivity index (χ3v) is 4.39. The molecule has 0 saturated heterocycles. The van der Waals surface area contributed by atoms with Crippen LogP contribution < -0.4 is 10.5 Å². The molecule has 0 bridgehead atoms. The number of rotatable bonds is 5. The summed E-state index contributed by atoms with van der Waals surface area (Å²) < 4.78 is 22.2. The van der Waals surface area contributed by atoms with Gasteiger partial charge in [0.1, 0.15) is 0 Å². The van der Waals surface area contributed by atoms with Gasteiger partial charge < -0.3 is 5.32 Å². The van der Waals surface area contributed by atoms with Gasteiger partial charge in [0.15, 0.2) is 5.13 Å². The summed E-state index contributed by atoms with van der Waals surface area (Å²) in [5, 5.41) is 11.1. The highest BCUT2D eigenvalue weighted by atomic mass is 32.2. The Morgan fingerprint density at radius 1 is 1.32 bits per heavy atom. The average molecular weight is 297 g/mol. The Kier molecular flexibility index (Phi) is 4.18. The van der Waals surface area contributed by atoms with E-state index in [1.165, 1.54) is 12.1 Å². The second kappa shape index (κ2) is 5.68. The predicted octanol–water partition coefficient (Wildman–Crippen LogP) is 1.96. The van der Waals surface area contributed by atoms with Crippen LogP contribution in [0.5, 0.6) is 0 Å². The summed E-state index contributed by atoms with van der Waals surface area (Å²) in [7, 11) is -3.62. The molecule has 3 N–H and O–H groups in total. The largest absolute Gasteiger partial charge is 0.357 e. The van der Waals surface area contributed by atoms with Crippen molar-refractivity contribution >= 4 is 26.5 Å². The maximum absolute atomic E-state index is 11.1. The van der Waals surface area contributed by atoms with Crippen LogP contribution in [0.4, 0.5) is 5.13 Å². The van der Waals surface area contributed by atoms with Gasteiger partial charge in [-0.05, 0) is 24.1 Å². The molecule has 1 heterocycles. The number of thiazole rings is 1. The summed E-state index contributed by atoms with van der Waals surface area (Å²) in [4.78, 5) is 4.52. The van der Waals surface area contributed by atoms with Gasteiger partial charge in [0.25, 0.3) is 0 Å². The highest BCUT2D eigenvalue weighted by Gasteiger charge is 2.06. The maximum Gasteiger partial charge on any atom is 0.238 e. The molecule has 7 heteroatoms. The first-order chi connectivity index (χ1) is 8.99. The van der Waals surface area contributed by atoms with Crippen LogP contribution in [-0.2, 0) is 23.0 Å². The molecule has 1 aromatic carbocycles. The minimum atomic E-state index is -3.62. The van der Waals surface area contributed by atoms with Crippen LogP contribution in [0.15, 0.2) is 34.5 Å². The van der Waals surface area contributed by atoms with E-state index in [-0.39, 0.29) is 4.90 Å². The Hall–Kier alpha value is -1.44. The topological polar surface area (TPSA) is 85.1 Å². The van der Waals surface area contributed by atoms with E-state index in [9.17, 15) is 8.42 Å². The van der Waals surface area contributed by atoms with Crippen LogP contribution in [-0.4, -0.2) is 13.4 Å². The number of anilines is 1. The number of nitrogens with one attached hydrogen (secondary N) is 1. The van der Waals surface area contributed by atoms with E-state index in [4.69, 9.17) is 5.14 Å². The van der Waals surface area contributed by atoms with Crippen LogP contribution in [0.3, 0.4) is 0 Å². The summed E-state index contributed by atoms with van der Waals surface area (Å²) in [6, 6.07) is 6.49. The zero-order valence-electron chi connectivity index (χ0n) is 10.5. The summed E-state index contributed by atoms with van der Waals surface area (Å²) in [6.45, 7) is 2.66. The first-order valence-electron chi connectivity index (χ1n) is 5.79. The van der Waals surface area contributed by atoms with Crippen molar-refractivity contribution < 1.29 is 8.42 Å². The van der Waals surface area contributed by atoms with Gasteiger partial charge in [0.05, 0.1) is 10.6 Å². The minimum absolute atomic E-state index is 0.124. The SMILES string of the molecule is CCc1csc(NCc2ccc(S(N)(=O)=O)cc2)n1. The molecule has 0 amide bonds. The molecular formula is C12H15N3O2S2.